The van der Waals surface area contributed by atoms with Crippen LogP contribution in [0.5, 0.6) is 0 Å². The van der Waals surface area contributed by atoms with Crippen LogP contribution in [0.15, 0.2) is 24.8 Å². The first-order valence-electron chi connectivity index (χ1n) is 25.8. The Balaban J connectivity index is 0.550. The fourth-order valence-corrected chi connectivity index (χ4v) is 16.7. The summed E-state index contributed by atoms with van der Waals surface area (Å²) in [7, 11) is 0. The smallest absolute Gasteiger partial charge is 0.333 e. The minimum atomic E-state index is -0.274. The third kappa shape index (κ3) is 10.2. The molecular weight excluding hydrogens is 765 g/mol. The molecule has 9 aliphatic rings. The van der Waals surface area contributed by atoms with Crippen LogP contribution in [-0.4, -0.2) is 78.0 Å². The highest BCUT2D eigenvalue weighted by molar-refractivity contribution is 5.86. The van der Waals surface area contributed by atoms with E-state index in [1.165, 1.54) is 96.0 Å². The number of fused-ring (bicyclic) bond motifs is 15. The summed E-state index contributed by atoms with van der Waals surface area (Å²) in [6.07, 6.45) is 24.4. The normalized spacial score (nSPS) is 42.0. The third-order valence-electron chi connectivity index (χ3n) is 19.0. The Morgan fingerprint density at radius 3 is 1.20 bits per heavy atom. The highest BCUT2D eigenvalue weighted by Gasteiger charge is 2.58. The van der Waals surface area contributed by atoms with Gasteiger partial charge in [0.25, 0.3) is 0 Å². The molecule has 0 amide bonds. The lowest BCUT2D eigenvalue weighted by atomic mass is 9.76. The molecule has 9 aliphatic carbocycles. The standard InChI is InChI=1S/C53H82O8/c1-4-52(54)60-31-41-22-38-25-47(41)50-19-35(16-44(38)50)28-57-12-8-5-7-11-56-27-34-15-43-37-21-40(46(24-37)49(43)18-34)30-59-14-10-6-9-13-58-29-36-17-45-39-23-42(32-61-53(55)33(2)3)48(26-39)51(45)20-36/h4,34-51H,1-2,5-32H2,3H3. The number of rotatable bonds is 26. The third-order valence-corrected chi connectivity index (χ3v) is 19.0. The first kappa shape index (κ1) is 44.5. The van der Waals surface area contributed by atoms with Gasteiger partial charge in [-0.1, -0.05) is 13.2 Å². The maximum absolute atomic E-state index is 11.9. The Bertz CT molecular complexity index is 1500. The number of esters is 2. The number of carbonyl (C=O) groups is 2. The van der Waals surface area contributed by atoms with Gasteiger partial charge < -0.3 is 28.4 Å². The van der Waals surface area contributed by atoms with E-state index in [0.717, 1.165) is 173 Å². The summed E-state index contributed by atoms with van der Waals surface area (Å²) in [4.78, 5) is 23.5. The van der Waals surface area contributed by atoms with E-state index < -0.39 is 0 Å². The molecule has 61 heavy (non-hydrogen) atoms. The fourth-order valence-electron chi connectivity index (χ4n) is 16.7. The Morgan fingerprint density at radius 1 is 0.443 bits per heavy atom. The van der Waals surface area contributed by atoms with Gasteiger partial charge in [-0.05, 0) is 229 Å². The average Bonchev–Trinajstić information content (AvgIpc) is 4.11. The van der Waals surface area contributed by atoms with Crippen LogP contribution < -0.4 is 0 Å². The highest BCUT2D eigenvalue weighted by Crippen LogP contribution is 2.64. The lowest BCUT2D eigenvalue weighted by Crippen LogP contribution is -2.28. The Morgan fingerprint density at radius 2 is 0.803 bits per heavy atom. The summed E-state index contributed by atoms with van der Waals surface area (Å²) < 4.78 is 36.1. The molecule has 0 heterocycles. The first-order chi connectivity index (χ1) is 29.8. The van der Waals surface area contributed by atoms with Crippen LogP contribution in [0.4, 0.5) is 0 Å². The van der Waals surface area contributed by atoms with E-state index >= 15 is 0 Å². The van der Waals surface area contributed by atoms with E-state index in [4.69, 9.17) is 28.4 Å². The zero-order valence-corrected chi connectivity index (χ0v) is 37.9. The average molecular weight is 847 g/mol. The second-order valence-corrected chi connectivity index (χ2v) is 22.6. The van der Waals surface area contributed by atoms with Crippen LogP contribution >= 0.6 is 0 Å². The van der Waals surface area contributed by atoms with Gasteiger partial charge >= 0.3 is 11.9 Å². The lowest BCUT2D eigenvalue weighted by Gasteiger charge is -2.31. The van der Waals surface area contributed by atoms with Crippen molar-refractivity contribution >= 4 is 11.9 Å². The SMILES string of the molecule is C=CC(=O)OCC1CC2CC1C1CC(COCCCCCOCC3CC4C5CC(COCCCCCOCC6CC7C8CC(COC(=O)C(=C)C)C(C8)C7C6)C(C5)C4C3)CC21. The summed E-state index contributed by atoms with van der Waals surface area (Å²) in [5, 5.41) is 0. The molecule has 0 aromatic rings. The predicted molar refractivity (Wildman–Crippen MR) is 236 cm³/mol. The summed E-state index contributed by atoms with van der Waals surface area (Å²) in [5.74, 6) is 13.9. The van der Waals surface area contributed by atoms with Gasteiger partial charge in [-0.25, -0.2) is 9.59 Å². The van der Waals surface area contributed by atoms with E-state index in [1.54, 1.807) is 6.92 Å². The molecule has 8 heteroatoms. The Hall–Kier alpha value is -1.74. The van der Waals surface area contributed by atoms with Crippen molar-refractivity contribution in [3.63, 3.8) is 0 Å². The van der Waals surface area contributed by atoms with E-state index in [9.17, 15) is 9.59 Å². The molecule has 0 aromatic heterocycles. The Labute approximate surface area is 368 Å². The summed E-state index contributed by atoms with van der Waals surface area (Å²) >= 11 is 0. The summed E-state index contributed by atoms with van der Waals surface area (Å²) in [5.41, 5.74) is 0.507. The second-order valence-electron chi connectivity index (χ2n) is 22.6. The zero-order chi connectivity index (χ0) is 41.9. The van der Waals surface area contributed by atoms with Gasteiger partial charge in [-0.2, -0.15) is 0 Å². The number of hydrogen-bond donors (Lipinski definition) is 0. The molecule has 9 saturated carbocycles. The number of hydrogen-bond acceptors (Lipinski definition) is 8. The lowest BCUT2D eigenvalue weighted by molar-refractivity contribution is -0.141. The fraction of sp³-hybridized carbons (Fsp3) is 0.887. The maximum atomic E-state index is 11.9. The van der Waals surface area contributed by atoms with Gasteiger partial charge in [-0.3, -0.25) is 0 Å². The van der Waals surface area contributed by atoms with E-state index in [0.29, 0.717) is 30.6 Å². The molecule has 18 unspecified atom stereocenters. The quantitative estimate of drug-likeness (QED) is 0.0483. The van der Waals surface area contributed by atoms with Crippen LogP contribution in [0.3, 0.4) is 0 Å². The molecule has 9 rings (SSSR count). The topological polar surface area (TPSA) is 89.5 Å². The van der Waals surface area contributed by atoms with Crippen molar-refractivity contribution in [2.75, 3.05) is 66.1 Å². The second kappa shape index (κ2) is 20.6. The van der Waals surface area contributed by atoms with Crippen molar-refractivity contribution in [1.82, 2.24) is 0 Å². The summed E-state index contributed by atoms with van der Waals surface area (Å²) in [6, 6.07) is 0. The molecule has 9 fully saturated rings. The van der Waals surface area contributed by atoms with Crippen molar-refractivity contribution in [1.29, 1.82) is 0 Å². The van der Waals surface area contributed by atoms with Gasteiger partial charge in [0.1, 0.15) is 0 Å². The molecule has 342 valence electrons. The number of ether oxygens (including phenoxy) is 6. The van der Waals surface area contributed by atoms with Crippen molar-refractivity contribution < 1.29 is 38.0 Å². The van der Waals surface area contributed by atoms with Gasteiger partial charge in [-0.15, -0.1) is 0 Å². The minimum Gasteiger partial charge on any atom is -0.462 e. The molecule has 0 aromatic carbocycles. The van der Waals surface area contributed by atoms with Crippen LogP contribution in [0.25, 0.3) is 0 Å². The predicted octanol–water partition coefficient (Wildman–Crippen LogP) is 10.1. The molecule has 18 atom stereocenters. The number of unbranched alkanes of at least 4 members (excludes halogenated alkanes) is 4. The van der Waals surface area contributed by atoms with Gasteiger partial charge in [0, 0.05) is 64.5 Å². The van der Waals surface area contributed by atoms with Crippen molar-refractivity contribution in [3.05, 3.63) is 24.8 Å². The van der Waals surface area contributed by atoms with E-state index in [2.05, 4.69) is 13.2 Å². The molecule has 0 aliphatic heterocycles. The first-order valence-corrected chi connectivity index (χ1v) is 25.8. The molecule has 6 bridgehead atoms. The van der Waals surface area contributed by atoms with E-state index in [-0.39, 0.29) is 11.9 Å². The maximum Gasteiger partial charge on any atom is 0.333 e. The highest BCUT2D eigenvalue weighted by atomic mass is 16.5. The number of carbonyl (C=O) groups excluding carboxylic acids is 2. The van der Waals surface area contributed by atoms with Gasteiger partial charge in [0.2, 0.25) is 0 Å². The van der Waals surface area contributed by atoms with Crippen LogP contribution in [0.2, 0.25) is 0 Å². The molecule has 0 N–H and O–H groups in total. The van der Waals surface area contributed by atoms with Crippen LogP contribution in [0.1, 0.15) is 122 Å². The monoisotopic (exact) mass is 847 g/mol. The largest absolute Gasteiger partial charge is 0.462 e. The minimum absolute atomic E-state index is 0.228. The zero-order valence-electron chi connectivity index (χ0n) is 37.9. The molecule has 0 spiro atoms. The molecule has 0 radical (unpaired) electrons. The van der Waals surface area contributed by atoms with Gasteiger partial charge in [0.05, 0.1) is 13.2 Å². The summed E-state index contributed by atoms with van der Waals surface area (Å²) in [6.45, 7) is 17.6. The Kier molecular flexibility index (Phi) is 15.0. The van der Waals surface area contributed by atoms with Crippen LogP contribution in [-0.2, 0) is 38.0 Å². The van der Waals surface area contributed by atoms with Crippen molar-refractivity contribution in [2.45, 2.75) is 122 Å². The van der Waals surface area contributed by atoms with E-state index in [1.807, 2.05) is 0 Å². The molecule has 0 saturated heterocycles. The van der Waals surface area contributed by atoms with Gasteiger partial charge in [0.15, 0.2) is 0 Å². The van der Waals surface area contributed by atoms with Crippen molar-refractivity contribution in [3.8, 4) is 0 Å². The van der Waals surface area contributed by atoms with Crippen molar-refractivity contribution in [2.24, 2.45) is 107 Å². The molecule has 8 nitrogen and oxygen atoms in total. The van der Waals surface area contributed by atoms with Crippen LogP contribution in [0, 0.1) is 107 Å². The molecular formula is C53H82O8.